The van der Waals surface area contributed by atoms with Gasteiger partial charge in [-0.1, -0.05) is 315 Å². The van der Waals surface area contributed by atoms with Gasteiger partial charge in [0.25, 0.3) is 7.82 Å². The molecule has 0 spiro atoms. The third-order valence-corrected chi connectivity index (χ3v) is 17.1. The Hall–Kier alpha value is -1.51. The van der Waals surface area contributed by atoms with Crippen LogP contribution < -0.4 is 10.2 Å². The molecule has 0 aliphatic heterocycles. The van der Waals surface area contributed by atoms with E-state index < -0.39 is 20.0 Å². The number of ether oxygens (including phenoxy) is 1. The van der Waals surface area contributed by atoms with Gasteiger partial charge in [0, 0.05) is 12.8 Å². The number of carbonyl (C=O) groups excluding carboxylic acids is 2. The normalized spacial score (nSPS) is 13.6. The Morgan fingerprint density at radius 1 is 0.425 bits per heavy atom. The number of esters is 1. The summed E-state index contributed by atoms with van der Waals surface area (Å²) in [5, 5.41) is 3.04. The molecule has 0 aliphatic carbocycles. The lowest BCUT2D eigenvalue weighted by atomic mass is 10.0. The van der Waals surface area contributed by atoms with Crippen LogP contribution in [0.4, 0.5) is 0 Å². The van der Waals surface area contributed by atoms with Crippen LogP contribution in [0.5, 0.6) is 0 Å². The monoisotopic (exact) mass is 1150 g/mol. The largest absolute Gasteiger partial charge is 0.756 e. The second kappa shape index (κ2) is 60.6. The maximum Gasteiger partial charge on any atom is 0.306 e. The van der Waals surface area contributed by atoms with E-state index in [4.69, 9.17) is 13.8 Å². The van der Waals surface area contributed by atoms with Gasteiger partial charge in [-0.25, -0.2) is 0 Å². The Bertz CT molecular complexity index is 1420. The molecule has 0 fully saturated rings. The summed E-state index contributed by atoms with van der Waals surface area (Å²) in [4.78, 5) is 40.1. The summed E-state index contributed by atoms with van der Waals surface area (Å²) in [6.45, 7) is 6.90. The van der Waals surface area contributed by atoms with E-state index in [1.54, 1.807) is 0 Å². The summed E-state index contributed by atoms with van der Waals surface area (Å²) in [6.07, 6.45) is 73.1. The van der Waals surface area contributed by atoms with E-state index in [-0.39, 0.29) is 31.5 Å². The van der Waals surface area contributed by atoms with E-state index >= 15 is 0 Å². The predicted molar refractivity (Wildman–Crippen MR) is 344 cm³/mol. The maximum absolute atomic E-state index is 13.5. The van der Waals surface area contributed by atoms with Gasteiger partial charge in [0.05, 0.1) is 33.8 Å². The number of hydrogen-bond donors (Lipinski definition) is 1. The molecule has 0 saturated heterocycles. The molecular formula is C70H137N2O7P. The number of unbranched alkanes of at least 4 members (excludes halogenated alkanes) is 47. The topological polar surface area (TPSA) is 114 Å². The minimum atomic E-state index is -4.69. The first-order valence-electron chi connectivity index (χ1n) is 35.1. The highest BCUT2D eigenvalue weighted by molar-refractivity contribution is 7.45. The highest BCUT2D eigenvalue weighted by atomic mass is 31.2. The van der Waals surface area contributed by atoms with Crippen molar-refractivity contribution in [2.24, 2.45) is 0 Å². The summed E-state index contributed by atoms with van der Waals surface area (Å²) >= 11 is 0. The average molecular weight is 1150 g/mol. The molecule has 10 heteroatoms. The molecule has 1 amide bonds. The van der Waals surface area contributed by atoms with Crippen LogP contribution in [-0.2, 0) is 27.9 Å². The Kier molecular flexibility index (Phi) is 59.5. The quantitative estimate of drug-likeness (QED) is 0.0212. The lowest BCUT2D eigenvalue weighted by Gasteiger charge is -2.30. The molecule has 0 aromatic heterocycles. The molecule has 1 N–H and O–H groups in total. The predicted octanol–water partition coefficient (Wildman–Crippen LogP) is 21.4. The molecule has 0 rings (SSSR count). The zero-order valence-electron chi connectivity index (χ0n) is 54.3. The molecule has 0 aromatic rings. The van der Waals surface area contributed by atoms with Gasteiger partial charge in [0.2, 0.25) is 5.91 Å². The van der Waals surface area contributed by atoms with E-state index in [9.17, 15) is 19.0 Å². The number of rotatable bonds is 65. The van der Waals surface area contributed by atoms with Crippen molar-refractivity contribution in [3.8, 4) is 0 Å². The van der Waals surface area contributed by atoms with Crippen molar-refractivity contribution in [1.29, 1.82) is 0 Å². The standard InChI is InChI=1S/C70H137N2O7P/c1-7-10-13-16-19-22-25-27-29-31-32-33-34-35-36-37-38-39-40-41-43-45-48-51-54-57-60-63-70(74)79-68(61-58-55-52-49-46-24-21-18-15-12-9-3)67(66-78-80(75,76)77-65-64-72(4,5)6)71-69(73)62-59-56-53-50-47-44-42-30-28-26-23-20-17-14-11-8-2/h27,29,58,61,67-68H,7-26,28,30-57,59-60,62-66H2,1-6H3,(H-,71,73,75,76)/b29-27+,61-58-. The molecule has 0 radical (unpaired) electrons. The van der Waals surface area contributed by atoms with Crippen LogP contribution in [0.25, 0.3) is 0 Å². The fourth-order valence-corrected chi connectivity index (χ4v) is 11.4. The molecule has 0 aliphatic rings. The zero-order chi connectivity index (χ0) is 58.6. The van der Waals surface area contributed by atoms with Crippen molar-refractivity contribution in [2.75, 3.05) is 40.9 Å². The summed E-state index contributed by atoms with van der Waals surface area (Å²) in [5.74, 6) is -0.519. The van der Waals surface area contributed by atoms with Crippen LogP contribution in [0.3, 0.4) is 0 Å². The number of carbonyl (C=O) groups is 2. The van der Waals surface area contributed by atoms with Crippen molar-refractivity contribution >= 4 is 19.7 Å². The minimum Gasteiger partial charge on any atom is -0.756 e. The van der Waals surface area contributed by atoms with Gasteiger partial charge in [-0.05, 0) is 57.4 Å². The second-order valence-corrected chi connectivity index (χ2v) is 26.8. The number of nitrogens with one attached hydrogen (secondary N) is 1. The van der Waals surface area contributed by atoms with Gasteiger partial charge in [-0.15, -0.1) is 0 Å². The van der Waals surface area contributed by atoms with E-state index in [2.05, 4.69) is 38.2 Å². The van der Waals surface area contributed by atoms with Crippen molar-refractivity contribution in [3.63, 3.8) is 0 Å². The molecule has 474 valence electrons. The lowest BCUT2D eigenvalue weighted by molar-refractivity contribution is -0.870. The zero-order valence-corrected chi connectivity index (χ0v) is 55.2. The third-order valence-electron chi connectivity index (χ3n) is 16.1. The van der Waals surface area contributed by atoms with Crippen LogP contribution in [0.2, 0.25) is 0 Å². The fraction of sp³-hybridized carbons (Fsp3) is 0.914. The molecule has 0 bridgehead atoms. The first-order chi connectivity index (χ1) is 38.9. The van der Waals surface area contributed by atoms with Gasteiger partial charge >= 0.3 is 5.97 Å². The number of amides is 1. The van der Waals surface area contributed by atoms with Crippen LogP contribution >= 0.6 is 7.82 Å². The Morgan fingerprint density at radius 3 is 1.06 bits per heavy atom. The first-order valence-corrected chi connectivity index (χ1v) is 36.6. The lowest BCUT2D eigenvalue weighted by Crippen LogP contribution is -2.47. The van der Waals surface area contributed by atoms with Crippen molar-refractivity contribution < 1.29 is 37.3 Å². The van der Waals surface area contributed by atoms with Crippen molar-refractivity contribution in [1.82, 2.24) is 5.32 Å². The molecule has 3 unspecified atom stereocenters. The summed E-state index contributed by atoms with van der Waals surface area (Å²) in [6, 6.07) is -0.881. The van der Waals surface area contributed by atoms with E-state index in [0.29, 0.717) is 17.4 Å². The number of phosphoric acid groups is 1. The van der Waals surface area contributed by atoms with Gasteiger partial charge in [-0.2, -0.15) is 0 Å². The van der Waals surface area contributed by atoms with Crippen LogP contribution in [-0.4, -0.2) is 69.4 Å². The molecule has 3 atom stereocenters. The fourth-order valence-electron chi connectivity index (χ4n) is 10.7. The molecular weight excluding hydrogens is 1010 g/mol. The number of hydrogen-bond acceptors (Lipinski definition) is 7. The molecule has 9 nitrogen and oxygen atoms in total. The van der Waals surface area contributed by atoms with Gasteiger partial charge < -0.3 is 28.5 Å². The number of phosphoric ester groups is 1. The van der Waals surface area contributed by atoms with E-state index in [0.717, 1.165) is 57.8 Å². The van der Waals surface area contributed by atoms with E-state index in [1.807, 2.05) is 33.3 Å². The summed E-state index contributed by atoms with van der Waals surface area (Å²) < 4.78 is 30.4. The number of allylic oxidation sites excluding steroid dienone is 3. The molecule has 80 heavy (non-hydrogen) atoms. The van der Waals surface area contributed by atoms with Crippen molar-refractivity contribution in [3.05, 3.63) is 24.3 Å². The molecule has 0 heterocycles. The smallest absolute Gasteiger partial charge is 0.306 e. The third kappa shape index (κ3) is 61.1. The molecule has 0 saturated carbocycles. The summed E-state index contributed by atoms with van der Waals surface area (Å²) in [7, 11) is 1.21. The number of nitrogens with zero attached hydrogens (tertiary/aromatic N) is 1. The first kappa shape index (κ1) is 78.5. The highest BCUT2D eigenvalue weighted by Gasteiger charge is 2.27. The maximum atomic E-state index is 13.5. The van der Waals surface area contributed by atoms with Gasteiger partial charge in [-0.3, -0.25) is 14.2 Å². The average Bonchev–Trinajstić information content (AvgIpc) is 3.43. The minimum absolute atomic E-state index is 0.0178. The Morgan fingerprint density at radius 2 is 0.725 bits per heavy atom. The van der Waals surface area contributed by atoms with Crippen molar-refractivity contribution in [2.45, 2.75) is 373 Å². The SMILES string of the molecule is CCCCCCCC/C=C/CCCCCCCCCCCCCCCCCCCC(=O)OC(/C=C\CCCCCCCCCCC)C(COP(=O)([O-])OCC[N+](C)(C)C)NC(=O)CCCCCCCCCCCCCCCCCC. The van der Waals surface area contributed by atoms with Crippen LogP contribution in [0.1, 0.15) is 361 Å². The van der Waals surface area contributed by atoms with Crippen LogP contribution in [0.15, 0.2) is 24.3 Å². The molecule has 0 aromatic carbocycles. The Balaban J connectivity index is 4.93. The Labute approximate surface area is 498 Å². The van der Waals surface area contributed by atoms with Gasteiger partial charge in [0.15, 0.2) is 0 Å². The number of likely N-dealkylation sites (N-methyl/N-ethyl adjacent to an activating group) is 1. The van der Waals surface area contributed by atoms with E-state index in [1.165, 1.54) is 270 Å². The summed E-state index contributed by atoms with van der Waals surface area (Å²) in [5.41, 5.74) is 0. The van der Waals surface area contributed by atoms with Gasteiger partial charge in [0.1, 0.15) is 19.3 Å². The second-order valence-electron chi connectivity index (χ2n) is 25.4. The number of quaternary nitrogens is 1. The highest BCUT2D eigenvalue weighted by Crippen LogP contribution is 2.38. The van der Waals surface area contributed by atoms with Crippen LogP contribution in [0, 0.1) is 0 Å².